The molecule has 0 aliphatic heterocycles. The number of rotatable bonds is 4. The van der Waals surface area contributed by atoms with Crippen molar-refractivity contribution in [2.45, 2.75) is 19.8 Å². The molecule has 2 aromatic carbocycles. The summed E-state index contributed by atoms with van der Waals surface area (Å²) in [5.74, 6) is -0.213. The Hall–Kier alpha value is -2.01. The van der Waals surface area contributed by atoms with E-state index in [1.54, 1.807) is 12.1 Å². The summed E-state index contributed by atoms with van der Waals surface area (Å²) in [5, 5.41) is 3.07. The Kier molecular flexibility index (Phi) is 4.53. The van der Waals surface area contributed by atoms with Crippen LogP contribution in [0.1, 0.15) is 11.1 Å². The number of alkyl halides is 3. The number of nitrogens with one attached hydrogen (secondary N) is 1. The summed E-state index contributed by atoms with van der Waals surface area (Å²) in [6, 6.07) is 12.0. The zero-order valence-corrected chi connectivity index (χ0v) is 11.8. The highest BCUT2D eigenvalue weighted by molar-refractivity contribution is 5.68. The van der Waals surface area contributed by atoms with E-state index < -0.39 is 6.36 Å². The third kappa shape index (κ3) is 4.23. The fourth-order valence-electron chi connectivity index (χ4n) is 2.13. The van der Waals surface area contributed by atoms with Crippen LogP contribution < -0.4 is 10.1 Å². The molecule has 0 radical (unpaired) electrons. The minimum absolute atomic E-state index is 0.213. The molecule has 0 atom stereocenters. The van der Waals surface area contributed by atoms with Crippen LogP contribution in [-0.4, -0.2) is 13.4 Å². The molecular weight excluding hydrogens is 279 g/mol. The second-order valence-electron chi connectivity index (χ2n) is 4.75. The van der Waals surface area contributed by atoms with Gasteiger partial charge < -0.3 is 10.1 Å². The van der Waals surface area contributed by atoms with E-state index in [9.17, 15) is 13.2 Å². The van der Waals surface area contributed by atoms with Gasteiger partial charge in [0.25, 0.3) is 0 Å². The molecule has 0 heterocycles. The van der Waals surface area contributed by atoms with Crippen LogP contribution in [0, 0.1) is 6.92 Å². The van der Waals surface area contributed by atoms with E-state index in [0.717, 1.165) is 28.8 Å². The molecule has 5 heteroatoms. The first-order chi connectivity index (χ1) is 9.89. The van der Waals surface area contributed by atoms with E-state index in [1.165, 1.54) is 12.1 Å². The van der Waals surface area contributed by atoms with Gasteiger partial charge in [0.05, 0.1) is 0 Å². The number of halogens is 3. The fraction of sp³-hybridized carbons (Fsp3) is 0.250. The van der Waals surface area contributed by atoms with Crippen molar-refractivity contribution in [2.75, 3.05) is 7.05 Å². The van der Waals surface area contributed by atoms with Gasteiger partial charge in [0, 0.05) is 6.54 Å². The third-order valence-corrected chi connectivity index (χ3v) is 3.08. The van der Waals surface area contributed by atoms with E-state index in [0.29, 0.717) is 0 Å². The number of hydrogen-bond donors (Lipinski definition) is 1. The van der Waals surface area contributed by atoms with Crippen molar-refractivity contribution in [3.63, 3.8) is 0 Å². The molecule has 2 rings (SSSR count). The molecule has 0 fully saturated rings. The fourth-order valence-corrected chi connectivity index (χ4v) is 2.13. The van der Waals surface area contributed by atoms with E-state index >= 15 is 0 Å². The zero-order valence-electron chi connectivity index (χ0n) is 11.8. The SMILES string of the molecule is CNCc1ccc(C)c(-c2ccc(OC(F)(F)F)cc2)c1. The summed E-state index contributed by atoms with van der Waals surface area (Å²) in [6.45, 7) is 2.71. The first kappa shape index (κ1) is 15.4. The lowest BCUT2D eigenvalue weighted by atomic mass is 9.98. The summed E-state index contributed by atoms with van der Waals surface area (Å²) in [5.41, 5.74) is 4.05. The maximum absolute atomic E-state index is 12.1. The zero-order chi connectivity index (χ0) is 15.5. The number of hydrogen-bond acceptors (Lipinski definition) is 2. The Morgan fingerprint density at radius 2 is 1.71 bits per heavy atom. The minimum Gasteiger partial charge on any atom is -0.406 e. The molecule has 0 amide bonds. The topological polar surface area (TPSA) is 21.3 Å². The van der Waals surface area contributed by atoms with Gasteiger partial charge >= 0.3 is 6.36 Å². The Morgan fingerprint density at radius 3 is 2.29 bits per heavy atom. The summed E-state index contributed by atoms with van der Waals surface area (Å²) in [6.07, 6.45) is -4.66. The molecule has 0 spiro atoms. The summed E-state index contributed by atoms with van der Waals surface area (Å²) in [7, 11) is 1.86. The van der Waals surface area contributed by atoms with Gasteiger partial charge in [0.1, 0.15) is 5.75 Å². The smallest absolute Gasteiger partial charge is 0.406 e. The van der Waals surface area contributed by atoms with E-state index in [-0.39, 0.29) is 5.75 Å². The molecule has 1 N–H and O–H groups in total. The van der Waals surface area contributed by atoms with Crippen molar-refractivity contribution in [2.24, 2.45) is 0 Å². The quantitative estimate of drug-likeness (QED) is 0.909. The van der Waals surface area contributed by atoms with Crippen molar-refractivity contribution >= 4 is 0 Å². The van der Waals surface area contributed by atoms with E-state index in [4.69, 9.17) is 0 Å². The monoisotopic (exact) mass is 295 g/mol. The van der Waals surface area contributed by atoms with Gasteiger partial charge in [-0.15, -0.1) is 13.2 Å². The normalized spacial score (nSPS) is 11.5. The number of benzene rings is 2. The maximum Gasteiger partial charge on any atom is 0.573 e. The van der Waals surface area contributed by atoms with Gasteiger partial charge in [-0.05, 0) is 54.4 Å². The van der Waals surface area contributed by atoms with E-state index in [2.05, 4.69) is 10.1 Å². The van der Waals surface area contributed by atoms with Crippen LogP contribution in [0.5, 0.6) is 5.75 Å². The molecular formula is C16H16F3NO. The third-order valence-electron chi connectivity index (χ3n) is 3.08. The molecule has 0 aromatic heterocycles. The number of ether oxygens (including phenoxy) is 1. The van der Waals surface area contributed by atoms with Crippen LogP contribution in [0.25, 0.3) is 11.1 Å². The van der Waals surface area contributed by atoms with Crippen molar-refractivity contribution in [3.8, 4) is 16.9 Å². The van der Waals surface area contributed by atoms with Gasteiger partial charge in [-0.1, -0.05) is 24.3 Å². The van der Waals surface area contributed by atoms with Crippen LogP contribution in [-0.2, 0) is 6.54 Å². The summed E-state index contributed by atoms with van der Waals surface area (Å²) >= 11 is 0. The lowest BCUT2D eigenvalue weighted by Gasteiger charge is -2.11. The highest BCUT2D eigenvalue weighted by Gasteiger charge is 2.30. The van der Waals surface area contributed by atoms with Crippen molar-refractivity contribution in [1.29, 1.82) is 0 Å². The van der Waals surface area contributed by atoms with Crippen LogP contribution >= 0.6 is 0 Å². The molecule has 0 unspecified atom stereocenters. The molecule has 21 heavy (non-hydrogen) atoms. The van der Waals surface area contributed by atoms with Crippen LogP contribution in [0.3, 0.4) is 0 Å². The first-order valence-electron chi connectivity index (χ1n) is 6.49. The predicted molar refractivity (Wildman–Crippen MR) is 76.1 cm³/mol. The Balaban J connectivity index is 2.28. The standard InChI is InChI=1S/C16H16F3NO/c1-11-3-4-12(10-20-2)9-15(11)13-5-7-14(8-6-13)21-16(17,18)19/h3-9,20H,10H2,1-2H3. The van der Waals surface area contributed by atoms with Gasteiger partial charge in [-0.2, -0.15) is 0 Å². The number of aryl methyl sites for hydroxylation is 1. The maximum atomic E-state index is 12.1. The minimum atomic E-state index is -4.66. The average Bonchev–Trinajstić information content (AvgIpc) is 2.40. The van der Waals surface area contributed by atoms with Crippen molar-refractivity contribution in [3.05, 3.63) is 53.6 Å². The van der Waals surface area contributed by atoms with Crippen LogP contribution in [0.2, 0.25) is 0 Å². The summed E-state index contributed by atoms with van der Waals surface area (Å²) in [4.78, 5) is 0. The van der Waals surface area contributed by atoms with E-state index in [1.807, 2.05) is 32.2 Å². The molecule has 0 aliphatic carbocycles. The first-order valence-corrected chi connectivity index (χ1v) is 6.49. The molecule has 2 nitrogen and oxygen atoms in total. The molecule has 2 aromatic rings. The molecule has 0 saturated carbocycles. The summed E-state index contributed by atoms with van der Waals surface area (Å²) < 4.78 is 40.3. The lowest BCUT2D eigenvalue weighted by molar-refractivity contribution is -0.274. The van der Waals surface area contributed by atoms with Gasteiger partial charge in [-0.25, -0.2) is 0 Å². The van der Waals surface area contributed by atoms with Gasteiger partial charge in [0.2, 0.25) is 0 Å². The lowest BCUT2D eigenvalue weighted by Crippen LogP contribution is -2.16. The molecule has 0 saturated heterocycles. The Labute approximate surface area is 121 Å². The second-order valence-corrected chi connectivity index (χ2v) is 4.75. The highest BCUT2D eigenvalue weighted by atomic mass is 19.4. The molecule has 0 aliphatic rings. The average molecular weight is 295 g/mol. The van der Waals surface area contributed by atoms with Crippen LogP contribution in [0.4, 0.5) is 13.2 Å². The highest BCUT2D eigenvalue weighted by Crippen LogP contribution is 2.28. The Bertz CT molecular complexity index is 606. The largest absolute Gasteiger partial charge is 0.573 e. The van der Waals surface area contributed by atoms with Crippen molar-refractivity contribution < 1.29 is 17.9 Å². The predicted octanol–water partition coefficient (Wildman–Crippen LogP) is 4.28. The van der Waals surface area contributed by atoms with Gasteiger partial charge in [0.15, 0.2) is 0 Å². The second kappa shape index (κ2) is 6.18. The molecule has 112 valence electrons. The Morgan fingerprint density at radius 1 is 1.05 bits per heavy atom. The van der Waals surface area contributed by atoms with Crippen molar-refractivity contribution in [1.82, 2.24) is 5.32 Å². The molecule has 0 bridgehead atoms. The van der Waals surface area contributed by atoms with Gasteiger partial charge in [-0.3, -0.25) is 0 Å². The van der Waals surface area contributed by atoms with Crippen LogP contribution in [0.15, 0.2) is 42.5 Å².